The fraction of sp³-hybridized carbons (Fsp3) is 0.583. The van der Waals surface area contributed by atoms with Gasteiger partial charge in [-0.15, -0.1) is 11.8 Å². The number of hydrogen-bond acceptors (Lipinski definition) is 4. The lowest BCUT2D eigenvalue weighted by atomic mass is 9.87. The van der Waals surface area contributed by atoms with E-state index in [0.717, 1.165) is 30.3 Å². The lowest BCUT2D eigenvalue weighted by Crippen LogP contribution is -2.20. The first kappa shape index (κ1) is 33.9. The van der Waals surface area contributed by atoms with Crippen molar-refractivity contribution in [3.63, 3.8) is 0 Å². The average Bonchev–Trinajstić information content (AvgIpc) is 3.36. The number of rotatable bonds is 18. The number of benzene rings is 2. The summed E-state index contributed by atoms with van der Waals surface area (Å²) in [4.78, 5) is 16.6. The summed E-state index contributed by atoms with van der Waals surface area (Å²) >= 11 is 1.86. The fourth-order valence-electron chi connectivity index (χ4n) is 5.16. The first-order valence-electron chi connectivity index (χ1n) is 16.2. The highest BCUT2D eigenvalue weighted by molar-refractivity contribution is 8.03. The topological polar surface area (TPSA) is 53.6 Å². The van der Waals surface area contributed by atoms with Crippen molar-refractivity contribution in [3.05, 3.63) is 64.7 Å². The van der Waals surface area contributed by atoms with Gasteiger partial charge in [-0.25, -0.2) is 4.79 Å². The Morgan fingerprint density at radius 3 is 2.05 bits per heavy atom. The molecular weight excluding hydrogens is 538 g/mol. The summed E-state index contributed by atoms with van der Waals surface area (Å²) in [5, 5.41) is 5.99. The number of nitrogens with one attached hydrogen (secondary N) is 2. The van der Waals surface area contributed by atoms with E-state index in [2.05, 4.69) is 80.6 Å². The van der Waals surface area contributed by atoms with Gasteiger partial charge in [0, 0.05) is 18.4 Å². The zero-order valence-electron chi connectivity index (χ0n) is 26.9. The molecule has 1 heterocycles. The second-order valence-corrected chi connectivity index (χ2v) is 13.9. The van der Waals surface area contributed by atoms with E-state index in [1.54, 1.807) is 0 Å². The van der Waals surface area contributed by atoms with Gasteiger partial charge in [0.1, 0.15) is 5.75 Å². The van der Waals surface area contributed by atoms with Crippen LogP contribution in [0.5, 0.6) is 5.75 Å². The van der Waals surface area contributed by atoms with Gasteiger partial charge in [-0.2, -0.15) is 0 Å². The third-order valence-corrected chi connectivity index (χ3v) is 8.79. The minimum Gasteiger partial charge on any atom is -0.491 e. The molecule has 0 unspecified atom stereocenters. The molecule has 0 aliphatic carbocycles. The Hall–Kier alpha value is -2.60. The second kappa shape index (κ2) is 18.1. The summed E-state index contributed by atoms with van der Waals surface area (Å²) in [7, 11) is 0. The molecule has 3 rings (SSSR count). The van der Waals surface area contributed by atoms with E-state index in [1.807, 2.05) is 30.0 Å². The van der Waals surface area contributed by atoms with E-state index in [0.29, 0.717) is 12.3 Å². The van der Waals surface area contributed by atoms with Crippen LogP contribution in [0.15, 0.2) is 53.6 Å². The van der Waals surface area contributed by atoms with Crippen LogP contribution in [0, 0.1) is 0 Å². The summed E-state index contributed by atoms with van der Waals surface area (Å²) in [6.45, 7) is 12.5. The lowest BCUT2D eigenvalue weighted by Gasteiger charge is -2.22. The predicted molar refractivity (Wildman–Crippen MR) is 183 cm³/mol. The number of anilines is 2. The van der Waals surface area contributed by atoms with Crippen LogP contribution in [0.1, 0.15) is 123 Å². The smallest absolute Gasteiger partial charge is 0.323 e. The van der Waals surface area contributed by atoms with Crippen LogP contribution in [0.4, 0.5) is 16.2 Å². The maximum atomic E-state index is 12.9. The lowest BCUT2D eigenvalue weighted by molar-refractivity contribution is 0.261. The van der Waals surface area contributed by atoms with E-state index in [4.69, 9.17) is 4.74 Å². The molecule has 42 heavy (non-hydrogen) atoms. The Bertz CT molecular complexity index is 1110. The van der Waals surface area contributed by atoms with Gasteiger partial charge in [-0.1, -0.05) is 117 Å². The molecule has 0 saturated heterocycles. The molecule has 232 valence electrons. The van der Waals surface area contributed by atoms with Crippen molar-refractivity contribution in [3.8, 4) is 5.75 Å². The summed E-state index contributed by atoms with van der Waals surface area (Å²) in [6, 6.07) is 13.9. The van der Waals surface area contributed by atoms with Gasteiger partial charge in [0.2, 0.25) is 0 Å². The average molecular weight is 594 g/mol. The number of nitrogens with zero attached hydrogens (tertiary/aromatic N) is 1. The van der Waals surface area contributed by atoms with Gasteiger partial charge >= 0.3 is 6.03 Å². The highest BCUT2D eigenvalue weighted by Crippen LogP contribution is 2.32. The zero-order chi connectivity index (χ0) is 30.2. The third-order valence-electron chi connectivity index (χ3n) is 7.77. The maximum absolute atomic E-state index is 12.9. The highest BCUT2D eigenvalue weighted by atomic mass is 32.2. The Kier molecular flexibility index (Phi) is 14.6. The minimum atomic E-state index is -0.268. The summed E-state index contributed by atoms with van der Waals surface area (Å²) < 4.78 is 6.25. The standard InChI is InChI=1S/C36H55N3O2S/c1-6-7-8-9-10-11-12-13-14-15-16-17-24-41-34-25-31(36(3,4)5)20-23-33(34)38-35(40)37-32-21-18-30(19-22-32)27-39-26-29(2)42-28-39/h18-23,25-26H,6-17,24,27-28H2,1-5H3,(H2,37,38,40). The zero-order valence-corrected chi connectivity index (χ0v) is 27.7. The number of ether oxygens (including phenoxy) is 1. The number of hydrogen-bond donors (Lipinski definition) is 2. The molecule has 0 bridgehead atoms. The monoisotopic (exact) mass is 593 g/mol. The number of urea groups is 1. The first-order valence-corrected chi connectivity index (χ1v) is 17.2. The van der Waals surface area contributed by atoms with Crippen LogP contribution in [0.25, 0.3) is 0 Å². The summed E-state index contributed by atoms with van der Waals surface area (Å²) in [6.07, 6.45) is 18.0. The van der Waals surface area contributed by atoms with Crippen molar-refractivity contribution < 1.29 is 9.53 Å². The normalized spacial score (nSPS) is 13.3. The van der Waals surface area contributed by atoms with Crippen molar-refractivity contribution in [2.45, 2.75) is 124 Å². The number of carbonyl (C=O) groups is 1. The molecule has 0 radical (unpaired) electrons. The third kappa shape index (κ3) is 12.7. The number of allylic oxidation sites excluding steroid dienone is 1. The molecule has 6 heteroatoms. The number of thioether (sulfide) groups is 1. The van der Waals surface area contributed by atoms with Crippen molar-refractivity contribution in [2.75, 3.05) is 23.1 Å². The van der Waals surface area contributed by atoms with Gasteiger partial charge in [-0.3, -0.25) is 0 Å². The van der Waals surface area contributed by atoms with Crippen molar-refractivity contribution >= 4 is 29.2 Å². The van der Waals surface area contributed by atoms with Crippen molar-refractivity contribution in [1.29, 1.82) is 0 Å². The van der Waals surface area contributed by atoms with Crippen LogP contribution < -0.4 is 15.4 Å². The van der Waals surface area contributed by atoms with Crippen LogP contribution in [-0.2, 0) is 12.0 Å². The van der Waals surface area contributed by atoms with Crippen LogP contribution in [-0.4, -0.2) is 23.4 Å². The first-order chi connectivity index (χ1) is 20.2. The molecule has 0 spiro atoms. The highest BCUT2D eigenvalue weighted by Gasteiger charge is 2.17. The van der Waals surface area contributed by atoms with Crippen LogP contribution >= 0.6 is 11.8 Å². The molecule has 5 nitrogen and oxygen atoms in total. The van der Waals surface area contributed by atoms with Crippen molar-refractivity contribution in [1.82, 2.24) is 4.90 Å². The Morgan fingerprint density at radius 1 is 0.857 bits per heavy atom. The largest absolute Gasteiger partial charge is 0.491 e. The van der Waals surface area contributed by atoms with E-state index < -0.39 is 0 Å². The molecule has 2 amide bonds. The van der Waals surface area contributed by atoms with Gasteiger partial charge in [0.25, 0.3) is 0 Å². The van der Waals surface area contributed by atoms with Gasteiger partial charge in [0.05, 0.1) is 18.2 Å². The molecule has 2 N–H and O–H groups in total. The minimum absolute atomic E-state index is 0.00110. The molecule has 1 aliphatic rings. The Labute approximate surface area is 260 Å². The van der Waals surface area contributed by atoms with Gasteiger partial charge in [-0.05, 0) is 59.1 Å². The van der Waals surface area contributed by atoms with Crippen LogP contribution in [0.3, 0.4) is 0 Å². The van der Waals surface area contributed by atoms with E-state index in [-0.39, 0.29) is 11.4 Å². The Morgan fingerprint density at radius 2 is 1.48 bits per heavy atom. The predicted octanol–water partition coefficient (Wildman–Crippen LogP) is 11.1. The molecule has 0 aromatic heterocycles. The summed E-state index contributed by atoms with van der Waals surface area (Å²) in [5.74, 6) is 1.73. The fourth-order valence-corrected chi connectivity index (χ4v) is 5.92. The number of unbranched alkanes of at least 4 members (excludes halogenated alkanes) is 11. The van der Waals surface area contributed by atoms with Crippen molar-refractivity contribution in [2.24, 2.45) is 0 Å². The quantitative estimate of drug-likeness (QED) is 0.169. The van der Waals surface area contributed by atoms with E-state index in [9.17, 15) is 4.79 Å². The molecular formula is C36H55N3O2S. The van der Waals surface area contributed by atoms with E-state index in [1.165, 1.54) is 86.7 Å². The van der Waals surface area contributed by atoms with E-state index >= 15 is 0 Å². The SMILES string of the molecule is CCCCCCCCCCCCCCOc1cc(C(C)(C)C)ccc1NC(=O)Nc1ccc(CN2C=C(C)SC2)cc1. The molecule has 0 atom stereocenters. The number of amides is 2. The van der Waals surface area contributed by atoms with Gasteiger partial charge in [0.15, 0.2) is 0 Å². The number of carbonyl (C=O) groups excluding carboxylic acids is 1. The molecule has 0 saturated carbocycles. The maximum Gasteiger partial charge on any atom is 0.323 e. The molecule has 2 aromatic rings. The summed E-state index contributed by atoms with van der Waals surface area (Å²) in [5.41, 5.74) is 3.88. The Balaban J connectivity index is 1.43. The second-order valence-electron chi connectivity index (χ2n) is 12.7. The molecule has 1 aliphatic heterocycles. The van der Waals surface area contributed by atoms with Crippen LogP contribution in [0.2, 0.25) is 0 Å². The molecule has 2 aromatic carbocycles. The van der Waals surface area contributed by atoms with Gasteiger partial charge < -0.3 is 20.3 Å². The molecule has 0 fully saturated rings.